The molecule has 3 aromatic carbocycles. The van der Waals surface area contributed by atoms with Crippen molar-refractivity contribution in [2.24, 2.45) is 5.10 Å². The lowest BCUT2D eigenvalue weighted by molar-refractivity contribution is -0.118. The van der Waals surface area contributed by atoms with E-state index < -0.39 is 5.91 Å². The Balaban J connectivity index is 1.28. The highest BCUT2D eigenvalue weighted by molar-refractivity contribution is 7.99. The summed E-state index contributed by atoms with van der Waals surface area (Å²) in [5, 5.41) is 18.2. The fraction of sp³-hybridized carbons (Fsp3) is 0.0690. The lowest BCUT2D eigenvalue weighted by Crippen LogP contribution is -2.26. The molecule has 0 aliphatic carbocycles. The Labute approximate surface area is 259 Å². The first-order valence-electron chi connectivity index (χ1n) is 12.8. The number of rotatable bonds is 11. The molecule has 0 aliphatic heterocycles. The smallest absolute Gasteiger partial charge is 0.270 e. The van der Waals surface area contributed by atoms with Crippen molar-refractivity contribution in [1.29, 1.82) is 0 Å². The van der Waals surface area contributed by atoms with E-state index in [1.807, 2.05) is 36.4 Å². The zero-order chi connectivity index (χ0) is 30.0. The normalized spacial score (nSPS) is 10.9. The minimum Gasteiger partial charge on any atom is -0.298 e. The number of thioether (sulfide) groups is 1. The number of hydrogen-bond acceptors (Lipinski definition) is 9. The molecule has 0 spiro atoms. The van der Waals surface area contributed by atoms with Crippen LogP contribution in [0.3, 0.4) is 0 Å². The van der Waals surface area contributed by atoms with Crippen molar-refractivity contribution in [2.45, 2.75) is 11.6 Å². The van der Waals surface area contributed by atoms with Gasteiger partial charge in [-0.15, -0.1) is 21.5 Å². The topological polar surface area (TPSA) is 143 Å². The number of benzene rings is 3. The predicted octanol–water partition coefficient (Wildman–Crippen LogP) is 4.86. The second-order valence-electron chi connectivity index (χ2n) is 8.82. The number of halogens is 1. The molecule has 5 rings (SSSR count). The van der Waals surface area contributed by atoms with Crippen molar-refractivity contribution >= 4 is 63.8 Å². The molecular weight excluding hydrogens is 608 g/mol. The maximum Gasteiger partial charge on any atom is 0.270 e. The van der Waals surface area contributed by atoms with Gasteiger partial charge in [-0.2, -0.15) is 5.10 Å². The Kier molecular flexibility index (Phi) is 9.90. The average molecular weight is 631 g/mol. The van der Waals surface area contributed by atoms with Gasteiger partial charge in [0.1, 0.15) is 0 Å². The van der Waals surface area contributed by atoms with Crippen LogP contribution in [-0.2, 0) is 11.2 Å². The number of thiazole rings is 1. The molecular formula is C29H23ClN8O3S2. The van der Waals surface area contributed by atoms with Gasteiger partial charge in [0.2, 0.25) is 5.16 Å². The highest BCUT2D eigenvalue weighted by Gasteiger charge is 2.19. The molecule has 14 heteroatoms. The van der Waals surface area contributed by atoms with E-state index in [9.17, 15) is 14.4 Å². The van der Waals surface area contributed by atoms with Crippen LogP contribution in [0.4, 0.5) is 5.13 Å². The molecule has 2 aromatic heterocycles. The van der Waals surface area contributed by atoms with E-state index in [1.165, 1.54) is 16.0 Å². The summed E-state index contributed by atoms with van der Waals surface area (Å²) in [5.41, 5.74) is 7.60. The van der Waals surface area contributed by atoms with Gasteiger partial charge < -0.3 is 0 Å². The number of hydrogen-bond donors (Lipinski definition) is 3. The Hall–Kier alpha value is -4.85. The van der Waals surface area contributed by atoms with E-state index in [0.29, 0.717) is 32.8 Å². The van der Waals surface area contributed by atoms with E-state index in [0.717, 1.165) is 17.3 Å². The van der Waals surface area contributed by atoms with E-state index in [4.69, 9.17) is 11.6 Å². The monoisotopic (exact) mass is 630 g/mol. The molecule has 11 nitrogen and oxygen atoms in total. The second-order valence-corrected chi connectivity index (χ2v) is 11.1. The first kappa shape index (κ1) is 29.6. The molecule has 0 bridgehead atoms. The van der Waals surface area contributed by atoms with Crippen LogP contribution in [0.15, 0.2) is 101 Å². The largest absolute Gasteiger partial charge is 0.298 e. The molecule has 0 unspecified atom stereocenters. The van der Waals surface area contributed by atoms with Crippen molar-refractivity contribution in [3.8, 4) is 0 Å². The van der Waals surface area contributed by atoms with Crippen LogP contribution >= 0.6 is 34.7 Å². The minimum absolute atomic E-state index is 0.0343. The molecule has 0 atom stereocenters. The van der Waals surface area contributed by atoms with E-state index >= 15 is 0 Å². The van der Waals surface area contributed by atoms with Crippen LogP contribution in [-0.4, -0.2) is 49.5 Å². The van der Waals surface area contributed by atoms with Gasteiger partial charge in [0.15, 0.2) is 11.0 Å². The van der Waals surface area contributed by atoms with Gasteiger partial charge in [-0.3, -0.25) is 25.1 Å². The van der Waals surface area contributed by atoms with Gasteiger partial charge in [-0.25, -0.2) is 15.1 Å². The van der Waals surface area contributed by atoms with Gasteiger partial charge in [0, 0.05) is 21.5 Å². The molecule has 0 fully saturated rings. The average Bonchev–Trinajstić information content (AvgIpc) is 3.63. The van der Waals surface area contributed by atoms with Gasteiger partial charge in [0.05, 0.1) is 24.1 Å². The summed E-state index contributed by atoms with van der Waals surface area (Å²) in [4.78, 5) is 42.5. The molecule has 5 aromatic rings. The van der Waals surface area contributed by atoms with Crippen LogP contribution in [0.5, 0.6) is 0 Å². The quantitative estimate of drug-likeness (QED) is 0.107. The van der Waals surface area contributed by atoms with E-state index in [1.54, 1.807) is 60.1 Å². The predicted molar refractivity (Wildman–Crippen MR) is 167 cm³/mol. The molecule has 2 heterocycles. The number of nitrogens with zero attached hydrogens (tertiary/aromatic N) is 5. The highest BCUT2D eigenvalue weighted by atomic mass is 35.5. The van der Waals surface area contributed by atoms with Gasteiger partial charge >= 0.3 is 0 Å². The fourth-order valence-corrected chi connectivity index (χ4v) is 5.17. The number of nitrogens with one attached hydrogen (secondary N) is 3. The van der Waals surface area contributed by atoms with E-state index in [2.05, 4.69) is 36.5 Å². The number of carbonyl (C=O) groups is 3. The van der Waals surface area contributed by atoms with Crippen LogP contribution < -0.4 is 16.2 Å². The maximum absolute atomic E-state index is 13.1. The lowest BCUT2D eigenvalue weighted by atomic mass is 10.2. The summed E-state index contributed by atoms with van der Waals surface area (Å²) in [6, 6.07) is 24.6. The van der Waals surface area contributed by atoms with Crippen molar-refractivity contribution < 1.29 is 14.4 Å². The Morgan fingerprint density at radius 2 is 1.60 bits per heavy atom. The molecule has 3 amide bonds. The first-order valence-corrected chi connectivity index (χ1v) is 15.0. The summed E-state index contributed by atoms with van der Waals surface area (Å²) >= 11 is 8.31. The number of anilines is 1. The van der Waals surface area contributed by atoms with Gasteiger partial charge in [-0.05, 0) is 42.0 Å². The zero-order valence-corrected chi connectivity index (χ0v) is 24.7. The van der Waals surface area contributed by atoms with Crippen LogP contribution in [0.1, 0.15) is 37.8 Å². The molecule has 0 saturated heterocycles. The fourth-order valence-electron chi connectivity index (χ4n) is 3.63. The third-order valence-electron chi connectivity index (χ3n) is 5.70. The summed E-state index contributed by atoms with van der Waals surface area (Å²) in [7, 11) is 0. The van der Waals surface area contributed by atoms with Crippen molar-refractivity contribution in [3.05, 3.63) is 124 Å². The first-order chi connectivity index (χ1) is 20.9. The van der Waals surface area contributed by atoms with Gasteiger partial charge in [-0.1, -0.05) is 71.9 Å². The molecule has 0 saturated carbocycles. The molecule has 216 valence electrons. The number of aromatic nitrogens is 4. The SMILES string of the molecule is O=C(CSc1nnc(Cc2csc(NC(=O)c3ccccc3)n2)n1NC(=O)c1ccc(Cl)cc1)N/N=C/c1ccccc1. The number of amides is 3. The lowest BCUT2D eigenvalue weighted by Gasteiger charge is -2.11. The molecule has 3 N–H and O–H groups in total. The Bertz CT molecular complexity index is 1740. The summed E-state index contributed by atoms with van der Waals surface area (Å²) in [5.74, 6) is -0.724. The summed E-state index contributed by atoms with van der Waals surface area (Å²) < 4.78 is 1.42. The minimum atomic E-state index is -0.425. The van der Waals surface area contributed by atoms with Crippen molar-refractivity contribution in [1.82, 2.24) is 25.3 Å². The van der Waals surface area contributed by atoms with Crippen LogP contribution in [0.2, 0.25) is 5.02 Å². The van der Waals surface area contributed by atoms with Crippen molar-refractivity contribution in [2.75, 3.05) is 16.5 Å². The maximum atomic E-state index is 13.1. The second kappa shape index (κ2) is 14.4. The summed E-state index contributed by atoms with van der Waals surface area (Å²) in [6.07, 6.45) is 1.74. The highest BCUT2D eigenvalue weighted by Crippen LogP contribution is 2.21. The summed E-state index contributed by atoms with van der Waals surface area (Å²) in [6.45, 7) is 0. The van der Waals surface area contributed by atoms with E-state index in [-0.39, 0.29) is 29.1 Å². The molecule has 0 aliphatic rings. The van der Waals surface area contributed by atoms with Crippen LogP contribution in [0.25, 0.3) is 0 Å². The third-order valence-corrected chi connectivity index (χ3v) is 7.69. The molecule has 0 radical (unpaired) electrons. The molecule has 43 heavy (non-hydrogen) atoms. The zero-order valence-electron chi connectivity index (χ0n) is 22.3. The van der Waals surface area contributed by atoms with Gasteiger partial charge in [0.25, 0.3) is 17.7 Å². The van der Waals surface area contributed by atoms with Crippen molar-refractivity contribution in [3.63, 3.8) is 0 Å². The number of hydrazone groups is 1. The Morgan fingerprint density at radius 3 is 2.35 bits per heavy atom. The Morgan fingerprint density at radius 1 is 0.907 bits per heavy atom. The standard InChI is InChI=1S/C29H23ClN8O3S2/c30-22-13-11-21(12-14-22)27(41)37-38-24(15-23-17-42-28(32-23)33-26(40)20-9-5-2-6-10-20)34-36-29(38)43-18-25(39)35-31-16-19-7-3-1-4-8-19/h1-14,16-17H,15,18H2,(H,35,39)(H,37,41)(H,32,33,40)/b31-16+. The number of carbonyl (C=O) groups excluding carboxylic acids is 3. The third kappa shape index (κ3) is 8.35. The van der Waals surface area contributed by atoms with Crippen LogP contribution in [0, 0.1) is 0 Å².